The van der Waals surface area contributed by atoms with E-state index in [1.807, 2.05) is 0 Å². The fourth-order valence-electron chi connectivity index (χ4n) is 1.20. The largest absolute Gasteiger partial charge is 0.314 e. The number of thiophene rings is 1. The first kappa shape index (κ1) is 9.97. The number of halogens is 2. The maximum atomic E-state index is 5.93. The molecule has 1 heterocycles. The van der Waals surface area contributed by atoms with Crippen molar-refractivity contribution < 1.29 is 0 Å². The lowest BCUT2D eigenvalue weighted by atomic mass is 10.3. The number of hydrogen-bond acceptors (Lipinski definition) is 2. The Morgan fingerprint density at radius 2 is 2.38 bits per heavy atom. The van der Waals surface area contributed by atoms with Crippen LogP contribution in [0.25, 0.3) is 0 Å². The van der Waals surface area contributed by atoms with E-state index in [2.05, 4.69) is 27.3 Å². The van der Waals surface area contributed by atoms with Gasteiger partial charge in [0.05, 0.1) is 0 Å². The molecule has 1 aromatic heterocycles. The molecule has 1 nitrogen and oxygen atoms in total. The molecule has 0 atom stereocenters. The Labute approximate surface area is 95.6 Å². The van der Waals surface area contributed by atoms with Gasteiger partial charge < -0.3 is 5.32 Å². The third kappa shape index (κ3) is 2.94. The lowest BCUT2D eigenvalue weighted by Gasteiger charge is -1.98. The Balaban J connectivity index is 1.79. The minimum absolute atomic E-state index is 0.805. The van der Waals surface area contributed by atoms with Gasteiger partial charge >= 0.3 is 0 Å². The second kappa shape index (κ2) is 4.30. The van der Waals surface area contributed by atoms with E-state index < -0.39 is 0 Å². The topological polar surface area (TPSA) is 12.0 Å². The second-order valence-corrected chi connectivity index (χ2v) is 5.91. The van der Waals surface area contributed by atoms with E-state index in [1.54, 1.807) is 11.3 Å². The molecule has 0 bridgehead atoms. The van der Waals surface area contributed by atoms with Crippen LogP contribution in [0.2, 0.25) is 4.34 Å². The molecule has 1 N–H and O–H groups in total. The Morgan fingerprint density at radius 1 is 1.62 bits per heavy atom. The summed E-state index contributed by atoms with van der Waals surface area (Å²) < 4.78 is 1.89. The van der Waals surface area contributed by atoms with Gasteiger partial charge in [0.2, 0.25) is 0 Å². The zero-order valence-corrected chi connectivity index (χ0v) is 10.3. The van der Waals surface area contributed by atoms with Crippen LogP contribution in [0.1, 0.15) is 17.7 Å². The third-order valence-electron chi connectivity index (χ3n) is 2.08. The minimum atomic E-state index is 0.805. The van der Waals surface area contributed by atoms with Crippen LogP contribution in [0.15, 0.2) is 10.5 Å². The van der Waals surface area contributed by atoms with Gasteiger partial charge in [-0.25, -0.2) is 0 Å². The van der Waals surface area contributed by atoms with Crippen LogP contribution in [0.4, 0.5) is 0 Å². The summed E-state index contributed by atoms with van der Waals surface area (Å²) in [5.74, 6) is 0. The summed E-state index contributed by atoms with van der Waals surface area (Å²) >= 11 is 11.0. The summed E-state index contributed by atoms with van der Waals surface area (Å²) in [5.41, 5.74) is 0. The summed E-state index contributed by atoms with van der Waals surface area (Å²) in [6.45, 7) is 1.08. The van der Waals surface area contributed by atoms with Gasteiger partial charge in [0.1, 0.15) is 4.34 Å². The smallest absolute Gasteiger partial charge is 0.107 e. The molecule has 0 radical (unpaired) electrons. The maximum Gasteiger partial charge on any atom is 0.107 e. The Hall–Kier alpha value is 0.430. The van der Waals surface area contributed by atoms with Crippen molar-refractivity contribution in [2.45, 2.75) is 25.3 Å². The van der Waals surface area contributed by atoms with Gasteiger partial charge in [-0.15, -0.1) is 11.3 Å². The fourth-order valence-corrected chi connectivity index (χ4v) is 2.99. The van der Waals surface area contributed by atoms with Crippen molar-refractivity contribution in [3.63, 3.8) is 0 Å². The summed E-state index contributed by atoms with van der Waals surface area (Å²) in [5, 5.41) is 3.48. The maximum absolute atomic E-state index is 5.93. The molecule has 1 aromatic rings. The molecule has 1 aliphatic rings. The van der Waals surface area contributed by atoms with Gasteiger partial charge in [-0.1, -0.05) is 11.6 Å². The standard InChI is InChI=1S/C9H11BrClNS/c10-8-5-7(13-9(8)11)3-4-12-6-1-2-6/h5-6,12H,1-4H2. The summed E-state index contributed by atoms with van der Waals surface area (Å²) in [7, 11) is 0. The van der Waals surface area contributed by atoms with Crippen LogP contribution in [-0.4, -0.2) is 12.6 Å². The van der Waals surface area contributed by atoms with Gasteiger partial charge in [-0.2, -0.15) is 0 Å². The Bertz CT molecular complexity index is 276. The van der Waals surface area contributed by atoms with E-state index in [0.717, 1.165) is 27.8 Å². The SMILES string of the molecule is Clc1sc(CCNC2CC2)cc1Br. The zero-order chi connectivity index (χ0) is 9.26. The van der Waals surface area contributed by atoms with Gasteiger partial charge in [-0.3, -0.25) is 0 Å². The molecule has 72 valence electrons. The van der Waals surface area contributed by atoms with Crippen molar-refractivity contribution in [2.24, 2.45) is 0 Å². The first-order chi connectivity index (χ1) is 6.25. The van der Waals surface area contributed by atoms with E-state index in [1.165, 1.54) is 17.7 Å². The van der Waals surface area contributed by atoms with Gasteiger partial charge in [0, 0.05) is 21.9 Å². The predicted octanol–water partition coefficient (Wildman–Crippen LogP) is 3.46. The summed E-state index contributed by atoms with van der Waals surface area (Å²) in [6.07, 6.45) is 3.80. The first-order valence-corrected chi connectivity index (χ1v) is 6.41. The van der Waals surface area contributed by atoms with Crippen molar-refractivity contribution in [3.05, 3.63) is 19.8 Å². The predicted molar refractivity (Wildman–Crippen MR) is 61.8 cm³/mol. The van der Waals surface area contributed by atoms with Crippen LogP contribution in [0.3, 0.4) is 0 Å². The quantitative estimate of drug-likeness (QED) is 0.891. The highest BCUT2D eigenvalue weighted by atomic mass is 79.9. The van der Waals surface area contributed by atoms with E-state index in [9.17, 15) is 0 Å². The van der Waals surface area contributed by atoms with Crippen molar-refractivity contribution in [1.82, 2.24) is 5.32 Å². The highest BCUT2D eigenvalue weighted by Gasteiger charge is 2.19. The molecule has 0 aromatic carbocycles. The van der Waals surface area contributed by atoms with Crippen LogP contribution >= 0.6 is 38.9 Å². The Morgan fingerprint density at radius 3 is 2.92 bits per heavy atom. The Kier molecular flexibility index (Phi) is 3.30. The van der Waals surface area contributed by atoms with Crippen molar-refractivity contribution in [2.75, 3.05) is 6.54 Å². The van der Waals surface area contributed by atoms with Crippen LogP contribution in [-0.2, 0) is 6.42 Å². The summed E-state index contributed by atoms with van der Waals surface area (Å²) in [4.78, 5) is 1.35. The van der Waals surface area contributed by atoms with Crippen molar-refractivity contribution in [1.29, 1.82) is 0 Å². The molecule has 0 unspecified atom stereocenters. The lowest BCUT2D eigenvalue weighted by Crippen LogP contribution is -2.18. The third-order valence-corrected chi connectivity index (χ3v) is 4.61. The van der Waals surface area contributed by atoms with Gasteiger partial charge in [-0.05, 0) is 41.3 Å². The average Bonchev–Trinajstić information content (AvgIpc) is 2.82. The molecular formula is C9H11BrClNS. The van der Waals surface area contributed by atoms with E-state index in [4.69, 9.17) is 11.6 Å². The molecule has 1 fully saturated rings. The minimum Gasteiger partial charge on any atom is -0.314 e. The second-order valence-electron chi connectivity index (χ2n) is 3.31. The molecule has 0 saturated heterocycles. The molecule has 0 aliphatic heterocycles. The van der Waals surface area contributed by atoms with Crippen LogP contribution in [0.5, 0.6) is 0 Å². The lowest BCUT2D eigenvalue weighted by molar-refractivity contribution is 0.685. The van der Waals surface area contributed by atoms with Crippen molar-refractivity contribution in [3.8, 4) is 0 Å². The van der Waals surface area contributed by atoms with Crippen LogP contribution in [0, 0.1) is 0 Å². The van der Waals surface area contributed by atoms with E-state index in [0.29, 0.717) is 0 Å². The highest BCUT2D eigenvalue weighted by Crippen LogP contribution is 2.32. The molecule has 2 rings (SSSR count). The normalized spacial score (nSPS) is 16.5. The van der Waals surface area contributed by atoms with Crippen LogP contribution < -0.4 is 5.32 Å². The monoisotopic (exact) mass is 279 g/mol. The zero-order valence-electron chi connectivity index (χ0n) is 7.15. The van der Waals surface area contributed by atoms with Crippen molar-refractivity contribution >= 4 is 38.9 Å². The molecule has 1 aliphatic carbocycles. The molecular weight excluding hydrogens is 270 g/mol. The highest BCUT2D eigenvalue weighted by molar-refractivity contribution is 9.10. The summed E-state index contributed by atoms with van der Waals surface area (Å²) in [6, 6.07) is 2.92. The number of hydrogen-bond donors (Lipinski definition) is 1. The van der Waals surface area contributed by atoms with E-state index >= 15 is 0 Å². The molecule has 0 amide bonds. The van der Waals surface area contributed by atoms with Gasteiger partial charge in [0.25, 0.3) is 0 Å². The fraction of sp³-hybridized carbons (Fsp3) is 0.556. The number of nitrogens with one attached hydrogen (secondary N) is 1. The molecule has 13 heavy (non-hydrogen) atoms. The molecule has 4 heteroatoms. The van der Waals surface area contributed by atoms with E-state index in [-0.39, 0.29) is 0 Å². The number of rotatable bonds is 4. The first-order valence-electron chi connectivity index (χ1n) is 4.43. The molecule has 0 spiro atoms. The van der Waals surface area contributed by atoms with Gasteiger partial charge in [0.15, 0.2) is 0 Å². The molecule has 1 saturated carbocycles. The average molecular weight is 281 g/mol.